The Hall–Kier alpha value is -2.12. The van der Waals surface area contributed by atoms with E-state index in [1.165, 1.54) is 12.6 Å². The zero-order valence-corrected chi connectivity index (χ0v) is 15.8. The van der Waals surface area contributed by atoms with E-state index in [0.717, 1.165) is 30.6 Å². The average Bonchev–Trinajstić information content (AvgIpc) is 2.94. The van der Waals surface area contributed by atoms with Crippen LogP contribution in [0.3, 0.4) is 0 Å². The molecule has 9 heteroatoms. The maximum absolute atomic E-state index is 12.6. The molecule has 0 aromatic heterocycles. The van der Waals surface area contributed by atoms with E-state index in [-0.39, 0.29) is 18.1 Å². The summed E-state index contributed by atoms with van der Waals surface area (Å²) in [7, 11) is 0. The van der Waals surface area contributed by atoms with Gasteiger partial charge in [0.15, 0.2) is 6.23 Å². The lowest BCUT2D eigenvalue weighted by molar-refractivity contribution is -0.151. The maximum atomic E-state index is 12.6. The molecule has 28 heavy (non-hydrogen) atoms. The minimum atomic E-state index is -2.00. The minimum Gasteiger partial charge on any atom is -0.462 e. The summed E-state index contributed by atoms with van der Waals surface area (Å²) < 4.78 is 10.8. The van der Waals surface area contributed by atoms with Gasteiger partial charge in [0.2, 0.25) is 5.66 Å². The molecule has 5 atom stereocenters. The fourth-order valence-corrected chi connectivity index (χ4v) is 3.82. The molecule has 9 nitrogen and oxygen atoms in total. The first-order valence-electron chi connectivity index (χ1n) is 9.55. The molecule has 2 amide bonds. The van der Waals surface area contributed by atoms with Crippen molar-refractivity contribution in [2.24, 2.45) is 11.7 Å². The molecule has 1 aliphatic carbocycles. The number of rotatable bonds is 4. The van der Waals surface area contributed by atoms with Gasteiger partial charge in [-0.1, -0.05) is 25.2 Å². The number of terminal acetylenes is 1. The van der Waals surface area contributed by atoms with Crippen LogP contribution >= 0.6 is 0 Å². The van der Waals surface area contributed by atoms with Crippen LogP contribution in [-0.2, 0) is 14.3 Å². The second kappa shape index (κ2) is 8.09. The topological polar surface area (TPSA) is 134 Å². The number of nitrogens with zero attached hydrogens (tertiary/aromatic N) is 1. The molecule has 1 saturated heterocycles. The van der Waals surface area contributed by atoms with Crippen molar-refractivity contribution in [3.05, 3.63) is 11.8 Å². The lowest BCUT2D eigenvalue weighted by Crippen LogP contribution is -2.69. The van der Waals surface area contributed by atoms with E-state index >= 15 is 0 Å². The summed E-state index contributed by atoms with van der Waals surface area (Å²) >= 11 is 0. The molecule has 5 N–H and O–H groups in total. The summed E-state index contributed by atoms with van der Waals surface area (Å²) in [5.74, 6) is 1.75. The summed E-state index contributed by atoms with van der Waals surface area (Å²) in [6, 6.07) is -0.790. The zero-order chi connectivity index (χ0) is 20.5. The standard InChI is InChI=1S/C19H27N3O6/c1-3-13-9-22(16-15(24)14(23)11(2)28-16)18(26)21-19(13,20)17(25)27-10-12-7-5-4-6-8-12/h1,9,11-12,14-16,23-24H,4-8,10,20H2,2H3,(H,21,26)/t11-,14-,15-,16-,19?/m1/s1. The number of aliphatic hydroxyl groups is 2. The van der Waals surface area contributed by atoms with Crippen molar-refractivity contribution < 1.29 is 29.3 Å². The number of ether oxygens (including phenoxy) is 2. The van der Waals surface area contributed by atoms with Gasteiger partial charge >= 0.3 is 12.0 Å². The minimum absolute atomic E-state index is 0.0365. The van der Waals surface area contributed by atoms with Crippen LogP contribution in [0.25, 0.3) is 0 Å². The number of carbonyl (C=O) groups is 2. The number of urea groups is 1. The van der Waals surface area contributed by atoms with Crippen molar-refractivity contribution in [2.75, 3.05) is 6.61 Å². The molecule has 2 heterocycles. The van der Waals surface area contributed by atoms with Gasteiger partial charge in [-0.15, -0.1) is 6.42 Å². The van der Waals surface area contributed by atoms with Crippen molar-refractivity contribution in [3.8, 4) is 12.3 Å². The predicted molar refractivity (Wildman–Crippen MR) is 98.1 cm³/mol. The van der Waals surface area contributed by atoms with E-state index in [4.69, 9.17) is 21.6 Å². The van der Waals surface area contributed by atoms with Gasteiger partial charge < -0.3 is 25.0 Å². The molecule has 0 spiro atoms. The highest BCUT2D eigenvalue weighted by molar-refractivity contribution is 5.93. The van der Waals surface area contributed by atoms with Crippen molar-refractivity contribution in [3.63, 3.8) is 0 Å². The van der Waals surface area contributed by atoms with Crippen molar-refractivity contribution in [2.45, 2.75) is 69.2 Å². The zero-order valence-electron chi connectivity index (χ0n) is 15.8. The molecule has 0 radical (unpaired) electrons. The first-order valence-corrected chi connectivity index (χ1v) is 9.55. The van der Waals surface area contributed by atoms with Crippen LogP contribution in [-0.4, -0.2) is 63.9 Å². The Bertz CT molecular complexity index is 698. The van der Waals surface area contributed by atoms with Crippen LogP contribution in [0, 0.1) is 18.3 Å². The van der Waals surface area contributed by atoms with Gasteiger partial charge in [-0.2, -0.15) is 0 Å². The molecular formula is C19H27N3O6. The molecule has 3 rings (SSSR count). The first-order chi connectivity index (χ1) is 13.3. The molecule has 1 unspecified atom stereocenters. The van der Waals surface area contributed by atoms with Gasteiger partial charge in [-0.25, -0.2) is 9.59 Å². The van der Waals surface area contributed by atoms with Crippen LogP contribution in [0.1, 0.15) is 39.0 Å². The third kappa shape index (κ3) is 3.73. The average molecular weight is 393 g/mol. The molecular weight excluding hydrogens is 366 g/mol. The van der Waals surface area contributed by atoms with Crippen LogP contribution in [0.5, 0.6) is 0 Å². The summed E-state index contributed by atoms with van der Waals surface area (Å²) in [4.78, 5) is 26.2. The molecule has 154 valence electrons. The molecule has 1 saturated carbocycles. The number of carbonyl (C=O) groups excluding carboxylic acids is 2. The number of esters is 1. The second-order valence-corrected chi connectivity index (χ2v) is 7.65. The number of aliphatic hydroxyl groups excluding tert-OH is 2. The number of amides is 2. The van der Waals surface area contributed by atoms with Gasteiger partial charge in [0.25, 0.3) is 0 Å². The summed E-state index contributed by atoms with van der Waals surface area (Å²) in [5.41, 5.74) is 4.09. The van der Waals surface area contributed by atoms with E-state index in [9.17, 15) is 19.8 Å². The number of hydrogen-bond donors (Lipinski definition) is 4. The van der Waals surface area contributed by atoms with Gasteiger partial charge in [0, 0.05) is 6.20 Å². The first kappa shape index (κ1) is 20.6. The highest BCUT2D eigenvalue weighted by Gasteiger charge is 2.51. The lowest BCUT2D eigenvalue weighted by atomic mass is 9.90. The third-order valence-corrected chi connectivity index (χ3v) is 5.64. The Morgan fingerprint density at radius 1 is 1.43 bits per heavy atom. The number of hydrogen-bond acceptors (Lipinski definition) is 7. The molecule has 0 aromatic rings. The van der Waals surface area contributed by atoms with Crippen LogP contribution in [0.4, 0.5) is 4.79 Å². The molecule has 2 fully saturated rings. The van der Waals surface area contributed by atoms with Crippen LogP contribution < -0.4 is 11.1 Å². The normalized spacial score (nSPS) is 36.5. The Labute approximate surface area is 163 Å². The summed E-state index contributed by atoms with van der Waals surface area (Å²) in [5, 5.41) is 22.4. The molecule has 0 aromatic carbocycles. The van der Waals surface area contributed by atoms with E-state index in [1.54, 1.807) is 6.92 Å². The van der Waals surface area contributed by atoms with Crippen LogP contribution in [0.15, 0.2) is 11.8 Å². The number of nitrogens with two attached hydrogens (primary N) is 1. The Morgan fingerprint density at radius 2 is 2.11 bits per heavy atom. The van der Waals surface area contributed by atoms with Crippen molar-refractivity contribution >= 4 is 12.0 Å². The third-order valence-electron chi connectivity index (χ3n) is 5.64. The number of nitrogens with one attached hydrogen (secondary N) is 1. The molecule has 0 bridgehead atoms. The Kier molecular flexibility index (Phi) is 5.95. The van der Waals surface area contributed by atoms with E-state index in [0.29, 0.717) is 0 Å². The Balaban J connectivity index is 1.74. The monoisotopic (exact) mass is 393 g/mol. The van der Waals surface area contributed by atoms with Gasteiger partial charge in [-0.05, 0) is 25.7 Å². The highest BCUT2D eigenvalue weighted by Crippen LogP contribution is 2.29. The predicted octanol–water partition coefficient (Wildman–Crippen LogP) is -0.226. The van der Waals surface area contributed by atoms with E-state index in [1.807, 2.05) is 0 Å². The van der Waals surface area contributed by atoms with Gasteiger partial charge in [-0.3, -0.25) is 10.6 Å². The maximum Gasteiger partial charge on any atom is 0.352 e. The smallest absolute Gasteiger partial charge is 0.352 e. The highest BCUT2D eigenvalue weighted by atomic mass is 16.6. The molecule has 2 aliphatic heterocycles. The molecule has 3 aliphatic rings. The SMILES string of the molecule is C#CC1=CN([C@@H]2O[C@H](C)[C@@H](O)[C@H]2O)C(=O)NC1(N)C(=O)OCC1CCCCC1. The Morgan fingerprint density at radius 3 is 2.68 bits per heavy atom. The van der Waals surface area contributed by atoms with Crippen LogP contribution in [0.2, 0.25) is 0 Å². The fraction of sp³-hybridized carbons (Fsp3) is 0.684. The van der Waals surface area contributed by atoms with Crippen molar-refractivity contribution in [1.82, 2.24) is 10.2 Å². The largest absolute Gasteiger partial charge is 0.462 e. The van der Waals surface area contributed by atoms with E-state index < -0.39 is 42.2 Å². The van der Waals surface area contributed by atoms with E-state index in [2.05, 4.69) is 11.2 Å². The quantitative estimate of drug-likeness (QED) is 0.383. The van der Waals surface area contributed by atoms with Crippen molar-refractivity contribution in [1.29, 1.82) is 0 Å². The fourth-order valence-electron chi connectivity index (χ4n) is 3.82. The summed E-state index contributed by atoms with van der Waals surface area (Å²) in [6.45, 7) is 1.79. The van der Waals surface area contributed by atoms with Gasteiger partial charge in [0.1, 0.15) is 12.2 Å². The lowest BCUT2D eigenvalue weighted by Gasteiger charge is -2.38. The second-order valence-electron chi connectivity index (χ2n) is 7.65. The van der Waals surface area contributed by atoms with Gasteiger partial charge in [0.05, 0.1) is 18.3 Å². The summed E-state index contributed by atoms with van der Waals surface area (Å²) in [6.07, 6.45) is 7.72.